The highest BCUT2D eigenvalue weighted by Crippen LogP contribution is 2.43. The SMILES string of the molecule is CC[C@@H]1c2ccsc2C(=O)[C@H]1C(=O)OC. The molecule has 0 saturated heterocycles. The fourth-order valence-corrected chi connectivity index (χ4v) is 3.12. The van der Waals surface area contributed by atoms with Crippen molar-refractivity contribution in [1.29, 1.82) is 0 Å². The molecular formula is C11H12O3S. The summed E-state index contributed by atoms with van der Waals surface area (Å²) in [7, 11) is 1.33. The molecule has 80 valence electrons. The van der Waals surface area contributed by atoms with Crippen LogP contribution in [0.2, 0.25) is 0 Å². The zero-order valence-corrected chi connectivity index (χ0v) is 9.47. The molecule has 0 aromatic carbocycles. The molecule has 0 bridgehead atoms. The summed E-state index contributed by atoms with van der Waals surface area (Å²) >= 11 is 1.41. The molecule has 15 heavy (non-hydrogen) atoms. The van der Waals surface area contributed by atoms with Crippen molar-refractivity contribution < 1.29 is 14.3 Å². The number of rotatable bonds is 2. The number of carbonyl (C=O) groups is 2. The number of fused-ring (bicyclic) bond motifs is 1. The lowest BCUT2D eigenvalue weighted by Gasteiger charge is -2.14. The number of carbonyl (C=O) groups excluding carboxylic acids is 2. The number of hydrogen-bond acceptors (Lipinski definition) is 4. The van der Waals surface area contributed by atoms with Crippen LogP contribution in [0, 0.1) is 5.92 Å². The van der Waals surface area contributed by atoms with Gasteiger partial charge in [-0.2, -0.15) is 0 Å². The number of thiophene rings is 1. The molecule has 1 aromatic heterocycles. The Balaban J connectivity index is 2.41. The molecule has 1 aliphatic rings. The molecule has 1 heterocycles. The molecule has 0 fully saturated rings. The average molecular weight is 224 g/mol. The number of hydrogen-bond donors (Lipinski definition) is 0. The van der Waals surface area contributed by atoms with Gasteiger partial charge in [0.2, 0.25) is 0 Å². The monoisotopic (exact) mass is 224 g/mol. The van der Waals surface area contributed by atoms with Gasteiger partial charge in [0.1, 0.15) is 5.92 Å². The Kier molecular flexibility index (Phi) is 2.61. The first-order chi connectivity index (χ1) is 7.20. The molecule has 2 atom stereocenters. The van der Waals surface area contributed by atoms with E-state index in [1.54, 1.807) is 0 Å². The van der Waals surface area contributed by atoms with Gasteiger partial charge in [0.25, 0.3) is 0 Å². The second-order valence-corrected chi connectivity index (χ2v) is 4.50. The van der Waals surface area contributed by atoms with Crippen LogP contribution in [0.3, 0.4) is 0 Å². The third kappa shape index (κ3) is 1.40. The van der Waals surface area contributed by atoms with Gasteiger partial charge in [-0.3, -0.25) is 9.59 Å². The van der Waals surface area contributed by atoms with Crippen LogP contribution in [0.15, 0.2) is 11.4 Å². The van der Waals surface area contributed by atoms with Crippen LogP contribution in [0.4, 0.5) is 0 Å². The standard InChI is InChI=1S/C11H12O3S/c1-3-6-7-4-5-15-10(7)9(12)8(6)11(13)14-2/h4-6,8H,3H2,1-2H3/t6-,8+/m1/s1. The Hall–Kier alpha value is -1.16. The fourth-order valence-electron chi connectivity index (χ4n) is 2.17. The number of ether oxygens (including phenoxy) is 1. The molecule has 0 aliphatic heterocycles. The Bertz CT molecular complexity index is 408. The molecule has 1 aliphatic carbocycles. The molecule has 1 aromatic rings. The van der Waals surface area contributed by atoms with Crippen LogP contribution in [-0.2, 0) is 9.53 Å². The quantitative estimate of drug-likeness (QED) is 0.571. The molecule has 0 spiro atoms. The Labute approximate surface area is 92.1 Å². The van der Waals surface area contributed by atoms with Crippen LogP contribution in [0.5, 0.6) is 0 Å². The summed E-state index contributed by atoms with van der Waals surface area (Å²) in [5.41, 5.74) is 1.02. The van der Waals surface area contributed by atoms with E-state index < -0.39 is 11.9 Å². The zero-order valence-electron chi connectivity index (χ0n) is 8.65. The maximum atomic E-state index is 11.9. The molecule has 0 unspecified atom stereocenters. The van der Waals surface area contributed by atoms with Crippen LogP contribution in [0.25, 0.3) is 0 Å². The number of methoxy groups -OCH3 is 1. The van der Waals surface area contributed by atoms with Gasteiger partial charge in [0.05, 0.1) is 12.0 Å². The summed E-state index contributed by atoms with van der Waals surface area (Å²) in [5.74, 6) is -1.08. The van der Waals surface area contributed by atoms with E-state index in [9.17, 15) is 9.59 Å². The van der Waals surface area contributed by atoms with Crippen molar-refractivity contribution in [1.82, 2.24) is 0 Å². The first-order valence-corrected chi connectivity index (χ1v) is 5.78. The van der Waals surface area contributed by atoms with Crippen molar-refractivity contribution in [2.45, 2.75) is 19.3 Å². The highest BCUT2D eigenvalue weighted by molar-refractivity contribution is 7.12. The second kappa shape index (κ2) is 3.77. The molecule has 0 saturated carbocycles. The predicted octanol–water partition coefficient (Wildman–Crippen LogP) is 2.23. The van der Waals surface area contributed by atoms with Crippen LogP contribution >= 0.6 is 11.3 Å². The van der Waals surface area contributed by atoms with Crippen molar-refractivity contribution in [2.75, 3.05) is 7.11 Å². The van der Waals surface area contributed by atoms with Crippen molar-refractivity contribution in [3.8, 4) is 0 Å². The highest BCUT2D eigenvalue weighted by Gasteiger charge is 2.44. The van der Waals surface area contributed by atoms with Crippen LogP contribution < -0.4 is 0 Å². The van der Waals surface area contributed by atoms with Gasteiger partial charge in [0.15, 0.2) is 5.78 Å². The molecule has 4 heteroatoms. The third-order valence-corrected chi connectivity index (χ3v) is 3.84. The third-order valence-electron chi connectivity index (χ3n) is 2.90. The molecule has 0 N–H and O–H groups in total. The minimum absolute atomic E-state index is 0.00574. The highest BCUT2D eigenvalue weighted by atomic mass is 32.1. The van der Waals surface area contributed by atoms with E-state index in [0.29, 0.717) is 0 Å². The van der Waals surface area contributed by atoms with Crippen LogP contribution in [0.1, 0.15) is 34.5 Å². The van der Waals surface area contributed by atoms with Crippen molar-refractivity contribution >= 4 is 23.1 Å². The van der Waals surface area contributed by atoms with E-state index in [0.717, 1.165) is 16.9 Å². The first kappa shape index (κ1) is 10.4. The molecule has 2 rings (SSSR count). The minimum atomic E-state index is -0.609. The van der Waals surface area contributed by atoms with Gasteiger partial charge in [-0.1, -0.05) is 6.92 Å². The van der Waals surface area contributed by atoms with Gasteiger partial charge >= 0.3 is 5.97 Å². The molecule has 0 radical (unpaired) electrons. The number of ketones is 1. The summed E-state index contributed by atoms with van der Waals surface area (Å²) in [4.78, 5) is 24.2. The smallest absolute Gasteiger partial charge is 0.317 e. The van der Waals surface area contributed by atoms with Crippen LogP contribution in [-0.4, -0.2) is 18.9 Å². The second-order valence-electron chi connectivity index (χ2n) is 3.58. The van der Waals surface area contributed by atoms with E-state index in [2.05, 4.69) is 4.74 Å². The lowest BCUT2D eigenvalue weighted by molar-refractivity contribution is -0.144. The van der Waals surface area contributed by atoms with Crippen molar-refractivity contribution in [3.63, 3.8) is 0 Å². The largest absolute Gasteiger partial charge is 0.468 e. The van der Waals surface area contributed by atoms with Gasteiger partial charge in [-0.15, -0.1) is 11.3 Å². The van der Waals surface area contributed by atoms with E-state index in [4.69, 9.17) is 0 Å². The normalized spacial score (nSPS) is 24.0. The zero-order chi connectivity index (χ0) is 11.0. The average Bonchev–Trinajstić information content (AvgIpc) is 2.79. The van der Waals surface area contributed by atoms with E-state index in [1.165, 1.54) is 18.4 Å². The van der Waals surface area contributed by atoms with E-state index in [1.807, 2.05) is 18.4 Å². The maximum absolute atomic E-state index is 11.9. The molecule has 0 amide bonds. The Morgan fingerprint density at radius 1 is 1.60 bits per heavy atom. The van der Waals surface area contributed by atoms with E-state index >= 15 is 0 Å². The lowest BCUT2D eigenvalue weighted by Crippen LogP contribution is -2.25. The maximum Gasteiger partial charge on any atom is 0.317 e. The molecular weight excluding hydrogens is 212 g/mol. The lowest BCUT2D eigenvalue weighted by atomic mass is 9.90. The first-order valence-electron chi connectivity index (χ1n) is 4.90. The topological polar surface area (TPSA) is 43.4 Å². The van der Waals surface area contributed by atoms with Crippen molar-refractivity contribution in [2.24, 2.45) is 5.92 Å². The number of Topliss-reactive ketones (excluding diaryl/α,β-unsaturated/α-hetero) is 1. The summed E-state index contributed by atoms with van der Waals surface area (Å²) in [6, 6.07) is 1.94. The van der Waals surface area contributed by atoms with Gasteiger partial charge in [-0.05, 0) is 23.4 Å². The van der Waals surface area contributed by atoms with Gasteiger partial charge in [0, 0.05) is 5.92 Å². The number of esters is 1. The summed E-state index contributed by atoms with van der Waals surface area (Å²) in [6.07, 6.45) is 0.787. The Morgan fingerprint density at radius 2 is 2.33 bits per heavy atom. The summed E-state index contributed by atoms with van der Waals surface area (Å²) in [6.45, 7) is 1.99. The van der Waals surface area contributed by atoms with E-state index in [-0.39, 0.29) is 11.7 Å². The fraction of sp³-hybridized carbons (Fsp3) is 0.455. The summed E-state index contributed by atoms with van der Waals surface area (Å²) in [5, 5.41) is 1.90. The molecule has 3 nitrogen and oxygen atoms in total. The Morgan fingerprint density at radius 3 is 2.93 bits per heavy atom. The van der Waals surface area contributed by atoms with Gasteiger partial charge < -0.3 is 4.74 Å². The predicted molar refractivity (Wildman–Crippen MR) is 57.2 cm³/mol. The minimum Gasteiger partial charge on any atom is -0.468 e. The van der Waals surface area contributed by atoms with Crippen molar-refractivity contribution in [3.05, 3.63) is 21.9 Å². The summed E-state index contributed by atoms with van der Waals surface area (Å²) < 4.78 is 4.68. The van der Waals surface area contributed by atoms with Gasteiger partial charge in [-0.25, -0.2) is 0 Å².